The second-order valence-corrected chi connectivity index (χ2v) is 7.24. The molecule has 1 saturated carbocycles. The Bertz CT molecular complexity index is 1060. The lowest BCUT2D eigenvalue weighted by molar-refractivity contribution is -0.137. The lowest BCUT2D eigenvalue weighted by Crippen LogP contribution is -2.21. The summed E-state index contributed by atoms with van der Waals surface area (Å²) in [5.74, 6) is -0.0343. The van der Waals surface area contributed by atoms with E-state index < -0.39 is 17.5 Å². The Labute approximate surface area is 151 Å². The van der Waals surface area contributed by atoms with Gasteiger partial charge in [-0.3, -0.25) is 4.68 Å². The van der Waals surface area contributed by atoms with Crippen LogP contribution in [-0.4, -0.2) is 38.1 Å². The molecule has 0 radical (unpaired) electrons. The molecular formula is C18H15F3N4O2. The molecular weight excluding hydrogens is 361 g/mol. The fraction of sp³-hybridized carbons (Fsp3) is 0.389. The molecule has 1 saturated heterocycles. The first-order chi connectivity index (χ1) is 12.8. The van der Waals surface area contributed by atoms with Crippen molar-refractivity contribution < 1.29 is 23.0 Å². The Kier molecular flexibility index (Phi) is 3.17. The third kappa shape index (κ3) is 2.41. The van der Waals surface area contributed by atoms with Gasteiger partial charge < -0.3 is 9.84 Å². The fourth-order valence-electron chi connectivity index (χ4n) is 3.90. The highest BCUT2D eigenvalue weighted by Gasteiger charge is 2.60. The number of aryl methyl sites for hydroxylation is 1. The van der Waals surface area contributed by atoms with Crippen molar-refractivity contribution in [1.29, 1.82) is 0 Å². The summed E-state index contributed by atoms with van der Waals surface area (Å²) in [6.07, 6.45) is -0.261. The smallest absolute Gasteiger partial charge is 0.416 e. The highest BCUT2D eigenvalue weighted by Crippen LogP contribution is 2.54. The SMILES string of the molecule is Cc1cc(C(F)(F)F)cc(O)c1-c1cnc2cn(C34COCC3C4)nc2n1. The molecule has 3 aromatic rings. The van der Waals surface area contributed by atoms with Gasteiger partial charge in [0.05, 0.1) is 42.4 Å². The first-order valence-corrected chi connectivity index (χ1v) is 8.50. The van der Waals surface area contributed by atoms with E-state index in [1.807, 2.05) is 10.9 Å². The summed E-state index contributed by atoms with van der Waals surface area (Å²) in [5.41, 5.74) is 0.727. The molecule has 3 heterocycles. The van der Waals surface area contributed by atoms with Gasteiger partial charge in [-0.15, -0.1) is 5.10 Å². The summed E-state index contributed by atoms with van der Waals surface area (Å²) >= 11 is 0. The van der Waals surface area contributed by atoms with E-state index in [-0.39, 0.29) is 22.4 Å². The maximum Gasteiger partial charge on any atom is 0.416 e. The van der Waals surface area contributed by atoms with Gasteiger partial charge in [-0.25, -0.2) is 9.97 Å². The molecule has 2 aliphatic rings. The second-order valence-electron chi connectivity index (χ2n) is 7.24. The van der Waals surface area contributed by atoms with Crippen molar-refractivity contribution in [2.45, 2.75) is 25.1 Å². The van der Waals surface area contributed by atoms with Crippen LogP contribution >= 0.6 is 0 Å². The first-order valence-electron chi connectivity index (χ1n) is 8.50. The van der Waals surface area contributed by atoms with Gasteiger partial charge in [0.15, 0.2) is 5.65 Å². The van der Waals surface area contributed by atoms with Crippen molar-refractivity contribution in [3.63, 3.8) is 0 Å². The van der Waals surface area contributed by atoms with E-state index in [1.165, 1.54) is 13.1 Å². The summed E-state index contributed by atoms with van der Waals surface area (Å²) in [7, 11) is 0. The molecule has 27 heavy (non-hydrogen) atoms. The molecule has 2 fully saturated rings. The van der Waals surface area contributed by atoms with Crippen LogP contribution in [0.4, 0.5) is 13.2 Å². The van der Waals surface area contributed by atoms with Gasteiger partial charge in [0.25, 0.3) is 0 Å². The van der Waals surface area contributed by atoms with Crippen molar-refractivity contribution in [2.24, 2.45) is 5.92 Å². The molecule has 9 heteroatoms. The van der Waals surface area contributed by atoms with Crippen molar-refractivity contribution in [1.82, 2.24) is 19.7 Å². The third-order valence-electron chi connectivity index (χ3n) is 5.45. The van der Waals surface area contributed by atoms with E-state index in [2.05, 4.69) is 15.1 Å². The van der Waals surface area contributed by atoms with Crippen LogP contribution in [-0.2, 0) is 16.5 Å². The molecule has 1 aromatic carbocycles. The van der Waals surface area contributed by atoms with Crippen LogP contribution in [0.5, 0.6) is 5.75 Å². The number of aromatic nitrogens is 4. The summed E-state index contributed by atoms with van der Waals surface area (Å²) in [6.45, 7) is 2.83. The average Bonchev–Trinajstić information content (AvgIpc) is 2.96. The Morgan fingerprint density at radius 2 is 2.15 bits per heavy atom. The van der Waals surface area contributed by atoms with E-state index in [0.717, 1.165) is 19.1 Å². The van der Waals surface area contributed by atoms with Crippen molar-refractivity contribution >= 4 is 11.2 Å². The number of benzene rings is 1. The highest BCUT2D eigenvalue weighted by atomic mass is 19.4. The predicted octanol–water partition coefficient (Wildman–Crippen LogP) is 3.27. The quantitative estimate of drug-likeness (QED) is 0.743. The van der Waals surface area contributed by atoms with E-state index in [1.54, 1.807) is 0 Å². The molecule has 0 bridgehead atoms. The minimum atomic E-state index is -4.53. The summed E-state index contributed by atoms with van der Waals surface area (Å²) < 4.78 is 46.1. The largest absolute Gasteiger partial charge is 0.507 e. The molecule has 2 atom stereocenters. The maximum atomic E-state index is 12.9. The molecule has 140 valence electrons. The number of alkyl halides is 3. The number of hydrogen-bond acceptors (Lipinski definition) is 5. The summed E-state index contributed by atoms with van der Waals surface area (Å²) in [5, 5.41) is 14.7. The van der Waals surface area contributed by atoms with Gasteiger partial charge in [0, 0.05) is 11.5 Å². The predicted molar refractivity (Wildman–Crippen MR) is 89.1 cm³/mol. The standard InChI is InChI=1S/C18H15F3N4O2/c1-9-2-10(18(19,20)21)3-14(26)15(9)12-5-22-13-6-25(24-16(13)23-12)17-4-11(17)7-27-8-17/h2-3,5-6,11,26H,4,7-8H2,1H3. The average molecular weight is 376 g/mol. The van der Waals surface area contributed by atoms with Crippen LogP contribution in [0, 0.1) is 12.8 Å². The normalized spacial score (nSPS) is 24.4. The van der Waals surface area contributed by atoms with E-state index in [4.69, 9.17) is 4.74 Å². The second kappa shape index (κ2) is 5.19. The Morgan fingerprint density at radius 1 is 1.33 bits per heavy atom. The Balaban J connectivity index is 1.58. The highest BCUT2D eigenvalue weighted by molar-refractivity contribution is 5.77. The number of phenols is 1. The zero-order valence-corrected chi connectivity index (χ0v) is 14.3. The molecule has 2 unspecified atom stereocenters. The van der Waals surface area contributed by atoms with Gasteiger partial charge >= 0.3 is 6.18 Å². The van der Waals surface area contributed by atoms with Crippen LogP contribution in [0.15, 0.2) is 24.5 Å². The minimum absolute atomic E-state index is 0.116. The van der Waals surface area contributed by atoms with Crippen molar-refractivity contribution in [3.8, 4) is 17.0 Å². The number of phenolic OH excluding ortho intramolecular Hbond substituents is 1. The molecule has 1 aliphatic carbocycles. The number of fused-ring (bicyclic) bond motifs is 2. The monoisotopic (exact) mass is 376 g/mol. The van der Waals surface area contributed by atoms with E-state index in [0.29, 0.717) is 29.8 Å². The first kappa shape index (κ1) is 16.5. The zero-order valence-electron chi connectivity index (χ0n) is 14.3. The van der Waals surface area contributed by atoms with Crippen LogP contribution in [0.2, 0.25) is 0 Å². The van der Waals surface area contributed by atoms with Gasteiger partial charge in [-0.1, -0.05) is 0 Å². The van der Waals surface area contributed by atoms with Crippen LogP contribution in [0.1, 0.15) is 17.5 Å². The van der Waals surface area contributed by atoms with Crippen LogP contribution < -0.4 is 0 Å². The molecule has 5 rings (SSSR count). The summed E-state index contributed by atoms with van der Waals surface area (Å²) in [4.78, 5) is 8.76. The molecule has 6 nitrogen and oxygen atoms in total. The fourth-order valence-corrected chi connectivity index (χ4v) is 3.90. The molecule has 1 aliphatic heterocycles. The van der Waals surface area contributed by atoms with E-state index in [9.17, 15) is 18.3 Å². The lowest BCUT2D eigenvalue weighted by atomic mass is 10.0. The van der Waals surface area contributed by atoms with Crippen LogP contribution in [0.25, 0.3) is 22.4 Å². The third-order valence-corrected chi connectivity index (χ3v) is 5.45. The number of ether oxygens (including phenoxy) is 1. The molecule has 0 amide bonds. The number of aromatic hydroxyl groups is 1. The van der Waals surface area contributed by atoms with Crippen LogP contribution in [0.3, 0.4) is 0 Å². The molecule has 1 N–H and O–H groups in total. The van der Waals surface area contributed by atoms with Gasteiger partial charge in [0.1, 0.15) is 11.3 Å². The van der Waals surface area contributed by atoms with Gasteiger partial charge in [0.2, 0.25) is 0 Å². The van der Waals surface area contributed by atoms with Crippen molar-refractivity contribution in [2.75, 3.05) is 13.2 Å². The van der Waals surface area contributed by atoms with Crippen molar-refractivity contribution in [3.05, 3.63) is 35.7 Å². The summed E-state index contributed by atoms with van der Waals surface area (Å²) in [6, 6.07) is 1.69. The Hall–Kier alpha value is -2.68. The Morgan fingerprint density at radius 3 is 2.78 bits per heavy atom. The van der Waals surface area contributed by atoms with Gasteiger partial charge in [-0.05, 0) is 31.0 Å². The van der Waals surface area contributed by atoms with E-state index >= 15 is 0 Å². The number of halogens is 3. The number of rotatable bonds is 2. The maximum absolute atomic E-state index is 12.9. The minimum Gasteiger partial charge on any atom is -0.507 e. The zero-order chi connectivity index (χ0) is 19.0. The molecule has 0 spiro atoms. The topological polar surface area (TPSA) is 73.1 Å². The van der Waals surface area contributed by atoms with Gasteiger partial charge in [-0.2, -0.15) is 13.2 Å². The number of hydrogen-bond donors (Lipinski definition) is 1. The number of nitrogens with zero attached hydrogens (tertiary/aromatic N) is 4. The lowest BCUT2D eigenvalue weighted by Gasteiger charge is -2.12. The molecule has 2 aromatic heterocycles.